The number of hydrogen-bond acceptors (Lipinski definition) is 2. The monoisotopic (exact) mass is 308 g/mol. The Kier molecular flexibility index (Phi) is 4.62. The smallest absolute Gasteiger partial charge is 0.407 e. The summed E-state index contributed by atoms with van der Waals surface area (Å²) >= 11 is 0. The van der Waals surface area contributed by atoms with Gasteiger partial charge in [0.05, 0.1) is 0 Å². The van der Waals surface area contributed by atoms with Crippen molar-refractivity contribution in [1.82, 2.24) is 10.3 Å². The zero-order valence-electron chi connectivity index (χ0n) is 13.1. The van der Waals surface area contributed by atoms with Gasteiger partial charge >= 0.3 is 6.09 Å². The summed E-state index contributed by atoms with van der Waals surface area (Å²) < 4.78 is 5.39. The van der Waals surface area contributed by atoms with Crippen molar-refractivity contribution >= 4 is 17.0 Å². The number of carbonyl (C=O) groups excluding carboxylic acids is 1. The van der Waals surface area contributed by atoms with E-state index >= 15 is 0 Å². The molecule has 1 aromatic heterocycles. The quantitative estimate of drug-likeness (QED) is 0.742. The number of para-hydroxylation sites is 1. The SMILES string of the molecule is CC(OC(=O)NCCc1c[nH]c2ccccc12)c1ccccc1. The molecule has 4 heteroatoms. The summed E-state index contributed by atoms with van der Waals surface area (Å²) in [6.45, 7) is 2.41. The van der Waals surface area contributed by atoms with Gasteiger partial charge in [-0.05, 0) is 30.5 Å². The average Bonchev–Trinajstić information content (AvgIpc) is 2.99. The zero-order valence-corrected chi connectivity index (χ0v) is 13.1. The van der Waals surface area contributed by atoms with Crippen LogP contribution in [-0.2, 0) is 11.2 Å². The second-order valence-electron chi connectivity index (χ2n) is 5.49. The summed E-state index contributed by atoms with van der Waals surface area (Å²) in [5.41, 5.74) is 3.29. The van der Waals surface area contributed by atoms with Gasteiger partial charge in [-0.1, -0.05) is 48.5 Å². The molecule has 0 saturated carbocycles. The number of H-pyrrole nitrogens is 1. The third kappa shape index (κ3) is 3.72. The molecule has 3 aromatic rings. The fraction of sp³-hybridized carbons (Fsp3) is 0.211. The van der Waals surface area contributed by atoms with Crippen molar-refractivity contribution in [3.8, 4) is 0 Å². The number of aromatic nitrogens is 1. The normalized spacial score (nSPS) is 12.0. The lowest BCUT2D eigenvalue weighted by molar-refractivity contribution is 0.107. The van der Waals surface area contributed by atoms with Crippen LogP contribution >= 0.6 is 0 Å². The number of rotatable bonds is 5. The van der Waals surface area contributed by atoms with Gasteiger partial charge < -0.3 is 15.0 Å². The van der Waals surface area contributed by atoms with Crippen LogP contribution in [0.3, 0.4) is 0 Å². The first-order valence-corrected chi connectivity index (χ1v) is 7.78. The Morgan fingerprint density at radius 1 is 1.13 bits per heavy atom. The minimum Gasteiger partial charge on any atom is -0.442 e. The van der Waals surface area contributed by atoms with Crippen LogP contribution in [0.15, 0.2) is 60.8 Å². The van der Waals surface area contributed by atoms with E-state index in [1.807, 2.05) is 61.7 Å². The van der Waals surface area contributed by atoms with Gasteiger partial charge in [-0.25, -0.2) is 4.79 Å². The molecule has 4 nitrogen and oxygen atoms in total. The molecule has 0 aliphatic carbocycles. The lowest BCUT2D eigenvalue weighted by atomic mass is 10.1. The highest BCUT2D eigenvalue weighted by Crippen LogP contribution is 2.18. The Morgan fingerprint density at radius 2 is 1.87 bits per heavy atom. The van der Waals surface area contributed by atoms with Gasteiger partial charge in [0, 0.05) is 23.6 Å². The molecule has 0 saturated heterocycles. The highest BCUT2D eigenvalue weighted by Gasteiger charge is 2.11. The van der Waals surface area contributed by atoms with Gasteiger partial charge in [-0.3, -0.25) is 0 Å². The predicted molar refractivity (Wildman–Crippen MR) is 91.3 cm³/mol. The van der Waals surface area contributed by atoms with Gasteiger partial charge in [-0.15, -0.1) is 0 Å². The third-order valence-electron chi connectivity index (χ3n) is 3.89. The third-order valence-corrected chi connectivity index (χ3v) is 3.89. The summed E-state index contributed by atoms with van der Waals surface area (Å²) in [7, 11) is 0. The largest absolute Gasteiger partial charge is 0.442 e. The lowest BCUT2D eigenvalue weighted by Crippen LogP contribution is -2.27. The van der Waals surface area contributed by atoms with Crippen molar-refractivity contribution < 1.29 is 9.53 Å². The highest BCUT2D eigenvalue weighted by atomic mass is 16.6. The van der Waals surface area contributed by atoms with Gasteiger partial charge in [0.2, 0.25) is 0 Å². The van der Waals surface area contributed by atoms with Crippen molar-refractivity contribution in [2.45, 2.75) is 19.4 Å². The van der Waals surface area contributed by atoms with E-state index < -0.39 is 0 Å². The van der Waals surface area contributed by atoms with Crippen LogP contribution in [0.25, 0.3) is 10.9 Å². The minimum atomic E-state index is -0.388. The van der Waals surface area contributed by atoms with Crippen molar-refractivity contribution in [2.75, 3.05) is 6.54 Å². The topological polar surface area (TPSA) is 54.1 Å². The number of aromatic amines is 1. The summed E-state index contributed by atoms with van der Waals surface area (Å²) in [5, 5.41) is 4.01. The van der Waals surface area contributed by atoms with E-state index in [4.69, 9.17) is 4.74 Å². The highest BCUT2D eigenvalue weighted by molar-refractivity contribution is 5.83. The van der Waals surface area contributed by atoms with Crippen LogP contribution in [0.5, 0.6) is 0 Å². The van der Waals surface area contributed by atoms with Gasteiger partial charge in [-0.2, -0.15) is 0 Å². The van der Waals surface area contributed by atoms with Crippen molar-refractivity contribution in [3.05, 3.63) is 71.9 Å². The average molecular weight is 308 g/mol. The summed E-state index contributed by atoms with van der Waals surface area (Å²) in [6, 6.07) is 17.9. The number of hydrogen-bond donors (Lipinski definition) is 2. The fourth-order valence-corrected chi connectivity index (χ4v) is 2.63. The maximum atomic E-state index is 11.9. The Hall–Kier alpha value is -2.75. The van der Waals surface area contributed by atoms with Gasteiger partial charge in [0.1, 0.15) is 6.10 Å². The molecule has 3 rings (SSSR count). The van der Waals surface area contributed by atoms with Crippen LogP contribution in [0.4, 0.5) is 4.79 Å². The fourth-order valence-electron chi connectivity index (χ4n) is 2.63. The Bertz CT molecular complexity index is 780. The molecule has 0 aliphatic heterocycles. The molecule has 23 heavy (non-hydrogen) atoms. The number of nitrogens with one attached hydrogen (secondary N) is 2. The number of fused-ring (bicyclic) bond motifs is 1. The number of ether oxygens (including phenoxy) is 1. The van der Waals surface area contributed by atoms with E-state index in [1.165, 1.54) is 10.9 Å². The molecule has 0 aliphatic rings. The molecule has 2 aromatic carbocycles. The molecule has 0 spiro atoms. The molecule has 1 unspecified atom stereocenters. The van der Waals surface area contributed by atoms with E-state index in [2.05, 4.69) is 16.4 Å². The van der Waals surface area contributed by atoms with Crippen molar-refractivity contribution in [2.24, 2.45) is 0 Å². The molecular formula is C19H20N2O2. The van der Waals surface area contributed by atoms with Crippen molar-refractivity contribution in [3.63, 3.8) is 0 Å². The molecule has 0 fully saturated rings. The Labute approximate surface area is 135 Å². The van der Waals surface area contributed by atoms with Crippen LogP contribution in [-0.4, -0.2) is 17.6 Å². The Morgan fingerprint density at radius 3 is 2.70 bits per heavy atom. The number of benzene rings is 2. The molecule has 118 valence electrons. The van der Waals surface area contributed by atoms with Crippen LogP contribution in [0, 0.1) is 0 Å². The van der Waals surface area contributed by atoms with E-state index in [9.17, 15) is 4.79 Å². The Balaban J connectivity index is 1.50. The second kappa shape index (κ2) is 7.01. The van der Waals surface area contributed by atoms with Gasteiger partial charge in [0.15, 0.2) is 0 Å². The first-order valence-electron chi connectivity index (χ1n) is 7.78. The first-order chi connectivity index (χ1) is 11.2. The van der Waals surface area contributed by atoms with Crippen LogP contribution < -0.4 is 5.32 Å². The number of amides is 1. The maximum absolute atomic E-state index is 11.9. The van der Waals surface area contributed by atoms with E-state index in [-0.39, 0.29) is 12.2 Å². The lowest BCUT2D eigenvalue weighted by Gasteiger charge is -2.14. The summed E-state index contributed by atoms with van der Waals surface area (Å²) in [4.78, 5) is 15.1. The molecule has 0 radical (unpaired) electrons. The molecule has 1 heterocycles. The molecule has 2 N–H and O–H groups in total. The van der Waals surface area contributed by atoms with Crippen molar-refractivity contribution in [1.29, 1.82) is 0 Å². The van der Waals surface area contributed by atoms with E-state index in [1.54, 1.807) is 0 Å². The molecule has 0 bridgehead atoms. The zero-order chi connectivity index (χ0) is 16.1. The standard InChI is InChI=1S/C19H20N2O2/c1-14(15-7-3-2-4-8-15)23-19(22)20-12-11-16-13-21-18-10-6-5-9-17(16)18/h2-10,13-14,21H,11-12H2,1H3,(H,20,22). The van der Waals surface area contributed by atoms with Crippen LogP contribution in [0.2, 0.25) is 0 Å². The number of alkyl carbamates (subject to hydrolysis) is 1. The molecule has 1 atom stereocenters. The summed E-state index contributed by atoms with van der Waals surface area (Å²) in [5.74, 6) is 0. The van der Waals surface area contributed by atoms with E-state index in [0.29, 0.717) is 6.54 Å². The van der Waals surface area contributed by atoms with E-state index in [0.717, 1.165) is 17.5 Å². The first kappa shape index (κ1) is 15.2. The predicted octanol–water partition coefficient (Wildman–Crippen LogP) is 4.20. The summed E-state index contributed by atoms with van der Waals surface area (Å²) in [6.07, 6.45) is 2.11. The van der Waals surface area contributed by atoms with Crippen LogP contribution in [0.1, 0.15) is 24.2 Å². The molecule has 1 amide bonds. The minimum absolute atomic E-state index is 0.260. The van der Waals surface area contributed by atoms with Gasteiger partial charge in [0.25, 0.3) is 0 Å². The second-order valence-corrected chi connectivity index (χ2v) is 5.49. The maximum Gasteiger partial charge on any atom is 0.407 e. The number of carbonyl (C=O) groups is 1. The molecular weight excluding hydrogens is 288 g/mol.